The van der Waals surface area contributed by atoms with Gasteiger partial charge in [0.05, 0.1) is 12.2 Å². The number of hydrogen-bond acceptors (Lipinski definition) is 2. The third-order valence-corrected chi connectivity index (χ3v) is 1.51. The van der Waals surface area contributed by atoms with Crippen molar-refractivity contribution in [2.75, 3.05) is 6.54 Å². The van der Waals surface area contributed by atoms with Gasteiger partial charge in [-0.2, -0.15) is 0 Å². The van der Waals surface area contributed by atoms with Gasteiger partial charge in [-0.3, -0.25) is 5.43 Å². The summed E-state index contributed by atoms with van der Waals surface area (Å²) in [5, 5.41) is 7.72. The molecule has 0 aliphatic rings. The van der Waals surface area contributed by atoms with Crippen molar-refractivity contribution in [1.29, 1.82) is 0 Å². The van der Waals surface area contributed by atoms with Crippen molar-refractivity contribution in [3.63, 3.8) is 0 Å². The van der Waals surface area contributed by atoms with Gasteiger partial charge in [-0.25, -0.2) is 0 Å². The van der Waals surface area contributed by atoms with Crippen LogP contribution in [0.2, 0.25) is 0 Å². The van der Waals surface area contributed by atoms with Gasteiger partial charge in [0.2, 0.25) is 0 Å². The minimum atomic E-state index is 0.634. The fourth-order valence-corrected chi connectivity index (χ4v) is 0.810. The van der Waals surface area contributed by atoms with E-state index in [1.807, 2.05) is 31.2 Å². The molecule has 68 valence electrons. The predicted octanol–water partition coefficient (Wildman–Crippen LogP) is 2.77. The second-order valence-electron chi connectivity index (χ2n) is 2.69. The van der Waals surface area contributed by atoms with E-state index in [4.69, 9.17) is 0 Å². The topological polar surface area (TPSA) is 36.8 Å². The zero-order valence-corrected chi connectivity index (χ0v) is 7.70. The van der Waals surface area contributed by atoms with Gasteiger partial charge >= 0.3 is 0 Å². The molecule has 1 N–H and O–H groups in total. The van der Waals surface area contributed by atoms with Crippen molar-refractivity contribution in [1.82, 2.24) is 5.43 Å². The Labute approximate surface area is 78.2 Å². The number of nitrogens with one attached hydrogen (secondary N) is 1. The molecule has 0 heterocycles. The molecule has 0 spiro atoms. The molecule has 0 amide bonds. The number of rotatable bonds is 4. The summed E-state index contributed by atoms with van der Waals surface area (Å²) in [7, 11) is 0. The van der Waals surface area contributed by atoms with Crippen LogP contribution >= 0.6 is 0 Å². The zero-order chi connectivity index (χ0) is 9.52. The number of benzene rings is 1. The third kappa shape index (κ3) is 3.51. The highest BCUT2D eigenvalue weighted by Crippen LogP contribution is 2.11. The number of nitrogens with zero attached hydrogens (tertiary/aromatic N) is 2. The highest BCUT2D eigenvalue weighted by atomic mass is 15.4. The van der Waals surface area contributed by atoms with Crippen molar-refractivity contribution in [2.45, 2.75) is 6.92 Å². The Morgan fingerprint density at radius 1 is 1.38 bits per heavy atom. The fourth-order valence-electron chi connectivity index (χ4n) is 0.810. The molecule has 0 aliphatic heterocycles. The SMILES string of the molecule is C=CCN/N=N/c1ccc(C)cc1. The minimum Gasteiger partial charge on any atom is -0.288 e. The molecule has 0 radical (unpaired) electrons. The Morgan fingerprint density at radius 3 is 2.69 bits per heavy atom. The summed E-state index contributed by atoms with van der Waals surface area (Å²) in [6.45, 7) is 6.23. The molecule has 0 saturated carbocycles. The van der Waals surface area contributed by atoms with Crippen LogP contribution in [-0.4, -0.2) is 6.54 Å². The molecule has 1 aromatic carbocycles. The van der Waals surface area contributed by atoms with Crippen molar-refractivity contribution in [2.24, 2.45) is 10.3 Å². The summed E-state index contributed by atoms with van der Waals surface area (Å²) in [6.07, 6.45) is 1.73. The Hall–Kier alpha value is -1.64. The van der Waals surface area contributed by atoms with Crippen LogP contribution in [0.15, 0.2) is 47.3 Å². The van der Waals surface area contributed by atoms with Gasteiger partial charge in [0.15, 0.2) is 0 Å². The van der Waals surface area contributed by atoms with E-state index < -0.39 is 0 Å². The molecular formula is C10H13N3. The van der Waals surface area contributed by atoms with Crippen LogP contribution < -0.4 is 5.43 Å². The maximum absolute atomic E-state index is 3.95. The van der Waals surface area contributed by atoms with Crippen LogP contribution in [0.25, 0.3) is 0 Å². The monoisotopic (exact) mass is 175 g/mol. The lowest BCUT2D eigenvalue weighted by Crippen LogP contribution is -2.01. The van der Waals surface area contributed by atoms with Gasteiger partial charge in [0.25, 0.3) is 0 Å². The predicted molar refractivity (Wildman–Crippen MR) is 53.9 cm³/mol. The lowest BCUT2D eigenvalue weighted by atomic mass is 10.2. The molecule has 3 heteroatoms. The molecule has 3 nitrogen and oxygen atoms in total. The normalized spacial score (nSPS) is 10.2. The smallest absolute Gasteiger partial charge is 0.0874 e. The van der Waals surface area contributed by atoms with Crippen molar-refractivity contribution < 1.29 is 0 Å². The summed E-state index contributed by atoms with van der Waals surface area (Å²) >= 11 is 0. The van der Waals surface area contributed by atoms with Crippen molar-refractivity contribution >= 4 is 5.69 Å². The first-order valence-electron chi connectivity index (χ1n) is 4.14. The third-order valence-electron chi connectivity index (χ3n) is 1.51. The van der Waals surface area contributed by atoms with E-state index in [0.29, 0.717) is 6.54 Å². The van der Waals surface area contributed by atoms with Crippen LogP contribution in [0.1, 0.15) is 5.56 Å². The number of hydrogen-bond donors (Lipinski definition) is 1. The molecule has 0 fully saturated rings. The Bertz CT molecular complexity index is 288. The minimum absolute atomic E-state index is 0.634. The van der Waals surface area contributed by atoms with Crippen molar-refractivity contribution in [3.05, 3.63) is 42.5 Å². The van der Waals surface area contributed by atoms with Crippen molar-refractivity contribution in [3.8, 4) is 0 Å². The summed E-state index contributed by atoms with van der Waals surface area (Å²) in [4.78, 5) is 0. The average molecular weight is 175 g/mol. The van der Waals surface area contributed by atoms with Gasteiger partial charge < -0.3 is 0 Å². The molecule has 0 bridgehead atoms. The van der Waals surface area contributed by atoms with Gasteiger partial charge in [-0.15, -0.1) is 11.7 Å². The largest absolute Gasteiger partial charge is 0.288 e. The van der Waals surface area contributed by atoms with E-state index in [0.717, 1.165) is 5.69 Å². The molecule has 0 unspecified atom stereocenters. The Kier molecular flexibility index (Phi) is 3.70. The Morgan fingerprint density at radius 2 is 2.08 bits per heavy atom. The lowest BCUT2D eigenvalue weighted by molar-refractivity contribution is 0.765. The van der Waals surface area contributed by atoms with E-state index >= 15 is 0 Å². The molecule has 0 saturated heterocycles. The highest BCUT2D eigenvalue weighted by molar-refractivity contribution is 5.37. The lowest BCUT2D eigenvalue weighted by Gasteiger charge is -1.93. The molecule has 0 atom stereocenters. The van der Waals surface area contributed by atoms with Crippen LogP contribution in [0.3, 0.4) is 0 Å². The van der Waals surface area contributed by atoms with E-state index in [1.165, 1.54) is 5.56 Å². The molecule has 1 rings (SSSR count). The standard InChI is InChI=1S/C10H13N3/c1-3-8-11-13-12-10-6-4-9(2)5-7-10/h3-7H,1,8H2,2H3,(H,11,12). The van der Waals surface area contributed by atoms with Gasteiger partial charge in [-0.05, 0) is 19.1 Å². The quantitative estimate of drug-likeness (QED) is 0.325. The second-order valence-corrected chi connectivity index (χ2v) is 2.69. The summed E-state index contributed by atoms with van der Waals surface area (Å²) in [5.41, 5.74) is 4.81. The van der Waals surface area contributed by atoms with Crippen LogP contribution in [0.5, 0.6) is 0 Å². The van der Waals surface area contributed by atoms with Gasteiger partial charge in [-0.1, -0.05) is 29.0 Å². The van der Waals surface area contributed by atoms with E-state index in [1.54, 1.807) is 6.08 Å². The average Bonchev–Trinajstić information content (AvgIpc) is 2.15. The molecule has 13 heavy (non-hydrogen) atoms. The number of aryl methyl sites for hydroxylation is 1. The van der Waals surface area contributed by atoms with E-state index in [-0.39, 0.29) is 0 Å². The van der Waals surface area contributed by atoms with Crippen LogP contribution in [0, 0.1) is 6.92 Å². The first-order valence-corrected chi connectivity index (χ1v) is 4.14. The van der Waals surface area contributed by atoms with Crippen LogP contribution in [-0.2, 0) is 0 Å². The van der Waals surface area contributed by atoms with Crippen LogP contribution in [0.4, 0.5) is 5.69 Å². The first kappa shape index (κ1) is 9.45. The van der Waals surface area contributed by atoms with E-state index in [2.05, 4.69) is 22.3 Å². The summed E-state index contributed by atoms with van der Waals surface area (Å²) in [6, 6.07) is 7.85. The Balaban J connectivity index is 2.49. The maximum atomic E-state index is 3.95. The second kappa shape index (κ2) is 5.09. The zero-order valence-electron chi connectivity index (χ0n) is 7.70. The van der Waals surface area contributed by atoms with Gasteiger partial charge in [0, 0.05) is 0 Å². The molecular weight excluding hydrogens is 162 g/mol. The fraction of sp³-hybridized carbons (Fsp3) is 0.200. The summed E-state index contributed by atoms with van der Waals surface area (Å²) < 4.78 is 0. The molecule has 1 aromatic rings. The van der Waals surface area contributed by atoms with Gasteiger partial charge in [0.1, 0.15) is 0 Å². The van der Waals surface area contributed by atoms with E-state index in [9.17, 15) is 0 Å². The molecule has 0 aliphatic carbocycles. The summed E-state index contributed by atoms with van der Waals surface area (Å²) in [5.74, 6) is 0. The molecule has 0 aromatic heterocycles. The maximum Gasteiger partial charge on any atom is 0.0874 e. The highest BCUT2D eigenvalue weighted by Gasteiger charge is 1.86. The first-order chi connectivity index (χ1) is 6.33.